The molecular formula is C12H14Cl2N2O3S. The fraction of sp³-hybridized carbons (Fsp3) is 0.417. The van der Waals surface area contributed by atoms with Crippen LogP contribution in [0.5, 0.6) is 0 Å². The third-order valence-electron chi connectivity index (χ3n) is 3.33. The van der Waals surface area contributed by atoms with Crippen LogP contribution in [0, 0.1) is 5.41 Å². The van der Waals surface area contributed by atoms with Gasteiger partial charge >= 0.3 is 0 Å². The summed E-state index contributed by atoms with van der Waals surface area (Å²) in [6, 6.07) is 2.45. The summed E-state index contributed by atoms with van der Waals surface area (Å²) in [6.45, 7) is 2.57. The second kappa shape index (κ2) is 5.18. The molecule has 3 N–H and O–H groups in total. The average molecular weight is 337 g/mol. The summed E-state index contributed by atoms with van der Waals surface area (Å²) in [6.07, 6.45) is 2.11. The summed E-state index contributed by atoms with van der Waals surface area (Å²) in [5.41, 5.74) is 0.135. The van der Waals surface area contributed by atoms with Gasteiger partial charge in [-0.3, -0.25) is 4.79 Å². The van der Waals surface area contributed by atoms with Gasteiger partial charge in [0.25, 0.3) is 5.91 Å². The van der Waals surface area contributed by atoms with Crippen LogP contribution in [0.4, 0.5) is 0 Å². The third kappa shape index (κ3) is 3.44. The average Bonchev–Trinajstić information content (AvgIpc) is 3.06. The first-order valence-electron chi connectivity index (χ1n) is 5.92. The molecule has 0 radical (unpaired) electrons. The van der Waals surface area contributed by atoms with Crippen LogP contribution in [0.2, 0.25) is 10.0 Å². The molecule has 5 nitrogen and oxygen atoms in total. The number of hydrogen-bond acceptors (Lipinski definition) is 3. The zero-order valence-corrected chi connectivity index (χ0v) is 13.1. The summed E-state index contributed by atoms with van der Waals surface area (Å²) in [5.74, 6) is -0.462. The van der Waals surface area contributed by atoms with E-state index in [9.17, 15) is 13.2 Å². The first kappa shape index (κ1) is 15.6. The first-order chi connectivity index (χ1) is 9.12. The minimum Gasteiger partial charge on any atom is -0.351 e. The van der Waals surface area contributed by atoms with Gasteiger partial charge in [-0.15, -0.1) is 0 Å². The van der Waals surface area contributed by atoms with Crippen LogP contribution in [0.15, 0.2) is 17.0 Å². The molecule has 1 aliphatic rings. The van der Waals surface area contributed by atoms with Gasteiger partial charge in [-0.1, -0.05) is 30.1 Å². The molecule has 0 aliphatic heterocycles. The molecule has 1 aliphatic carbocycles. The summed E-state index contributed by atoms with van der Waals surface area (Å²) in [4.78, 5) is 11.7. The lowest BCUT2D eigenvalue weighted by Crippen LogP contribution is -2.29. The Morgan fingerprint density at radius 1 is 1.40 bits per heavy atom. The van der Waals surface area contributed by atoms with Crippen molar-refractivity contribution in [2.24, 2.45) is 10.6 Å². The Bertz CT molecular complexity index is 670. The molecule has 0 heterocycles. The van der Waals surface area contributed by atoms with Gasteiger partial charge in [0, 0.05) is 11.6 Å². The largest absolute Gasteiger partial charge is 0.351 e. The molecule has 0 spiro atoms. The normalized spacial score (nSPS) is 16.8. The molecule has 1 aromatic rings. The van der Waals surface area contributed by atoms with Crippen LogP contribution in [0.3, 0.4) is 0 Å². The lowest BCUT2D eigenvalue weighted by molar-refractivity contribution is 0.0946. The molecular weight excluding hydrogens is 323 g/mol. The summed E-state index contributed by atoms with van der Waals surface area (Å²) < 4.78 is 22.8. The lowest BCUT2D eigenvalue weighted by atomic mass is 10.1. The summed E-state index contributed by atoms with van der Waals surface area (Å²) in [7, 11) is -4.04. The Hall–Kier alpha value is -0.820. The molecule has 8 heteroatoms. The number of halogens is 2. The van der Waals surface area contributed by atoms with Gasteiger partial charge in [-0.25, -0.2) is 13.6 Å². The predicted molar refractivity (Wildman–Crippen MR) is 77.5 cm³/mol. The number of primary sulfonamides is 1. The number of rotatable bonds is 4. The van der Waals surface area contributed by atoms with Crippen molar-refractivity contribution in [1.29, 1.82) is 0 Å². The maximum Gasteiger partial charge on any atom is 0.252 e. The molecule has 1 aromatic carbocycles. The molecule has 1 fully saturated rings. The van der Waals surface area contributed by atoms with Gasteiger partial charge in [-0.05, 0) is 30.4 Å². The topological polar surface area (TPSA) is 89.3 Å². The van der Waals surface area contributed by atoms with Gasteiger partial charge in [0.1, 0.15) is 4.90 Å². The van der Waals surface area contributed by atoms with Crippen molar-refractivity contribution in [3.8, 4) is 0 Å². The maximum absolute atomic E-state index is 12.1. The van der Waals surface area contributed by atoms with Crippen LogP contribution in [0.1, 0.15) is 30.1 Å². The van der Waals surface area contributed by atoms with Crippen molar-refractivity contribution in [3.63, 3.8) is 0 Å². The highest BCUT2D eigenvalue weighted by Gasteiger charge is 2.37. The van der Waals surface area contributed by atoms with Crippen molar-refractivity contribution in [3.05, 3.63) is 27.7 Å². The van der Waals surface area contributed by atoms with E-state index in [0.29, 0.717) is 6.54 Å². The second-order valence-electron chi connectivity index (χ2n) is 5.30. The van der Waals surface area contributed by atoms with Gasteiger partial charge in [0.15, 0.2) is 0 Å². The quantitative estimate of drug-likeness (QED) is 0.882. The number of benzene rings is 1. The van der Waals surface area contributed by atoms with E-state index in [1.807, 2.05) is 0 Å². The number of nitrogens with two attached hydrogens (primary N) is 1. The first-order valence-corrected chi connectivity index (χ1v) is 8.23. The minimum absolute atomic E-state index is 0.00689. The highest BCUT2D eigenvalue weighted by Crippen LogP contribution is 2.44. The van der Waals surface area contributed by atoms with Gasteiger partial charge < -0.3 is 5.32 Å². The van der Waals surface area contributed by atoms with Crippen molar-refractivity contribution < 1.29 is 13.2 Å². The molecule has 1 amide bonds. The number of carbonyl (C=O) groups excluding carboxylic acids is 1. The minimum atomic E-state index is -4.04. The Morgan fingerprint density at radius 2 is 2.00 bits per heavy atom. The van der Waals surface area contributed by atoms with E-state index in [1.165, 1.54) is 6.07 Å². The van der Waals surface area contributed by atoms with Crippen LogP contribution >= 0.6 is 23.2 Å². The van der Waals surface area contributed by atoms with Gasteiger partial charge in [-0.2, -0.15) is 0 Å². The van der Waals surface area contributed by atoms with E-state index in [0.717, 1.165) is 18.9 Å². The molecule has 1 saturated carbocycles. The molecule has 0 atom stereocenters. The predicted octanol–water partition coefficient (Wildman–Crippen LogP) is 2.17. The number of hydrogen-bond donors (Lipinski definition) is 2. The lowest BCUT2D eigenvalue weighted by Gasteiger charge is -2.12. The second-order valence-corrected chi connectivity index (χ2v) is 7.65. The third-order valence-corrected chi connectivity index (χ3v) is 5.01. The number of nitrogens with one attached hydrogen (secondary N) is 1. The Balaban J connectivity index is 2.31. The van der Waals surface area contributed by atoms with Gasteiger partial charge in [0.2, 0.25) is 10.0 Å². The smallest absolute Gasteiger partial charge is 0.252 e. The van der Waals surface area contributed by atoms with E-state index < -0.39 is 15.9 Å². The van der Waals surface area contributed by atoms with Crippen molar-refractivity contribution in [1.82, 2.24) is 5.32 Å². The molecule has 20 heavy (non-hydrogen) atoms. The summed E-state index contributed by atoms with van der Waals surface area (Å²) in [5, 5.41) is 7.65. The molecule has 110 valence electrons. The fourth-order valence-electron chi connectivity index (χ4n) is 1.72. The highest BCUT2D eigenvalue weighted by atomic mass is 35.5. The molecule has 0 aromatic heterocycles. The summed E-state index contributed by atoms with van der Waals surface area (Å²) >= 11 is 11.8. The maximum atomic E-state index is 12.1. The van der Waals surface area contributed by atoms with E-state index >= 15 is 0 Å². The van der Waals surface area contributed by atoms with Crippen molar-refractivity contribution in [2.75, 3.05) is 6.54 Å². The van der Waals surface area contributed by atoms with E-state index in [2.05, 4.69) is 12.2 Å². The molecule has 0 saturated heterocycles. The fourth-order valence-corrected chi connectivity index (χ4v) is 3.17. The Morgan fingerprint density at radius 3 is 2.50 bits per heavy atom. The Kier molecular flexibility index (Phi) is 4.03. The zero-order valence-electron chi connectivity index (χ0n) is 10.7. The van der Waals surface area contributed by atoms with Crippen molar-refractivity contribution in [2.45, 2.75) is 24.7 Å². The molecule has 2 rings (SSSR count). The zero-order chi connectivity index (χ0) is 15.1. The van der Waals surface area contributed by atoms with E-state index in [1.54, 1.807) is 0 Å². The van der Waals surface area contributed by atoms with Crippen LogP contribution in [0.25, 0.3) is 0 Å². The molecule has 0 bridgehead atoms. The molecule has 0 unspecified atom stereocenters. The standard InChI is InChI=1S/C12H14Cl2N2O3S/c1-12(2-3-12)6-16-11(17)8-4-7(13)5-9(10(8)14)20(15,18)19/h4-5H,2-3,6H2,1H3,(H,16,17)(H2,15,18,19). The van der Waals surface area contributed by atoms with Crippen LogP contribution in [-0.2, 0) is 10.0 Å². The van der Waals surface area contributed by atoms with Gasteiger partial charge in [0.05, 0.1) is 10.6 Å². The number of carbonyl (C=O) groups is 1. The SMILES string of the molecule is CC1(CNC(=O)c2cc(Cl)cc(S(N)(=O)=O)c2Cl)CC1. The van der Waals surface area contributed by atoms with E-state index in [-0.39, 0.29) is 25.9 Å². The van der Waals surface area contributed by atoms with E-state index in [4.69, 9.17) is 28.3 Å². The van der Waals surface area contributed by atoms with Crippen LogP contribution in [-0.4, -0.2) is 20.9 Å². The van der Waals surface area contributed by atoms with Crippen molar-refractivity contribution >= 4 is 39.1 Å². The monoisotopic (exact) mass is 336 g/mol. The number of amides is 1. The number of sulfonamides is 1. The highest BCUT2D eigenvalue weighted by molar-refractivity contribution is 7.89. The van der Waals surface area contributed by atoms with Crippen LogP contribution < -0.4 is 10.5 Å². The Labute approximate surface area is 127 Å².